The monoisotopic (exact) mass is 640 g/mol. The summed E-state index contributed by atoms with van der Waals surface area (Å²) in [4.78, 5) is 27.8. The number of carbonyl (C=O) groups is 2. The van der Waals surface area contributed by atoms with Crippen molar-refractivity contribution in [3.8, 4) is 23.0 Å². The highest BCUT2D eigenvalue weighted by molar-refractivity contribution is 9.10. The average molecular weight is 642 g/mol. The van der Waals surface area contributed by atoms with Gasteiger partial charge in [-0.3, -0.25) is 14.5 Å². The van der Waals surface area contributed by atoms with Crippen molar-refractivity contribution in [1.29, 1.82) is 0 Å². The van der Waals surface area contributed by atoms with E-state index in [9.17, 15) is 19.8 Å². The number of phenolic OH excluding ortho intramolecular Hbond substituents is 2. The molecule has 0 aliphatic carbocycles. The Labute approximate surface area is 254 Å². The number of hydrogen-bond acceptors (Lipinski definition) is 8. The Hall–Kier alpha value is -3.96. The third-order valence-corrected chi connectivity index (χ3v) is 7.80. The molecule has 1 aliphatic rings. The molecule has 11 heteroatoms. The van der Waals surface area contributed by atoms with Gasteiger partial charge in [0.05, 0.1) is 26.3 Å². The smallest absolute Gasteiger partial charge is 0.253 e. The van der Waals surface area contributed by atoms with Gasteiger partial charge in [-0.05, 0) is 85.4 Å². The molecule has 42 heavy (non-hydrogen) atoms. The largest absolute Gasteiger partial charge is 0.504 e. The molecule has 0 saturated carbocycles. The van der Waals surface area contributed by atoms with E-state index in [0.29, 0.717) is 41.8 Å². The molecule has 1 heterocycles. The van der Waals surface area contributed by atoms with Crippen molar-refractivity contribution in [1.82, 2.24) is 15.5 Å². The number of ether oxygens (including phenoxy) is 2. The Bertz CT molecular complexity index is 1390. The summed E-state index contributed by atoms with van der Waals surface area (Å²) in [7, 11) is 3.02. The van der Waals surface area contributed by atoms with Crippen LogP contribution in [0.3, 0.4) is 0 Å². The van der Waals surface area contributed by atoms with Gasteiger partial charge < -0.3 is 35.6 Å². The highest BCUT2D eigenvalue weighted by atomic mass is 79.9. The fraction of sp³-hybridized carbons (Fsp3) is 0.355. The van der Waals surface area contributed by atoms with Gasteiger partial charge in [0.2, 0.25) is 5.91 Å². The number of halogens is 1. The quantitative estimate of drug-likeness (QED) is 0.199. The summed E-state index contributed by atoms with van der Waals surface area (Å²) in [5, 5.41) is 28.9. The predicted octanol–water partition coefficient (Wildman–Crippen LogP) is 4.25. The number of anilines is 1. The highest BCUT2D eigenvalue weighted by Gasteiger charge is 2.21. The molecule has 1 saturated heterocycles. The number of benzene rings is 3. The molecule has 0 aromatic heterocycles. The summed E-state index contributed by atoms with van der Waals surface area (Å²) in [6, 6.07) is 15.9. The number of methoxy groups -OCH3 is 2. The summed E-state index contributed by atoms with van der Waals surface area (Å²) in [6.45, 7) is 3.36. The minimum absolute atomic E-state index is 0.0387. The van der Waals surface area contributed by atoms with Crippen LogP contribution in [-0.2, 0) is 17.9 Å². The van der Waals surface area contributed by atoms with E-state index in [4.69, 9.17) is 9.47 Å². The van der Waals surface area contributed by atoms with Crippen LogP contribution in [0.15, 0.2) is 59.1 Å². The van der Waals surface area contributed by atoms with Gasteiger partial charge in [0, 0.05) is 29.8 Å². The zero-order chi connectivity index (χ0) is 30.1. The molecule has 0 radical (unpaired) electrons. The number of nitrogens with one attached hydrogen (secondary N) is 3. The standard InChI is InChI=1S/C31H37BrN4O6/c1-41-28-7-3-21(13-26(28)37)17-33-25-6-5-23(32)15-24(25)31(40)35-18-30(39)34-16-20-9-11-36(12-10-20)19-22-4-8-29(42-2)27(38)14-22/h3-8,13-15,20,33,37-38H,9-12,16-19H2,1-2H3,(H,34,39)(H,35,40). The first kappa shape index (κ1) is 31.0. The number of hydrogen-bond donors (Lipinski definition) is 5. The molecule has 2 amide bonds. The van der Waals surface area contributed by atoms with Crippen LogP contribution < -0.4 is 25.4 Å². The maximum Gasteiger partial charge on any atom is 0.253 e. The molecule has 1 aliphatic heterocycles. The fourth-order valence-corrected chi connectivity index (χ4v) is 5.28. The fourth-order valence-electron chi connectivity index (χ4n) is 4.92. The average Bonchev–Trinajstić information content (AvgIpc) is 2.99. The van der Waals surface area contributed by atoms with Crippen molar-refractivity contribution >= 4 is 33.4 Å². The van der Waals surface area contributed by atoms with Crippen molar-refractivity contribution in [3.05, 3.63) is 75.8 Å². The zero-order valence-corrected chi connectivity index (χ0v) is 25.4. The molecule has 1 fully saturated rings. The van der Waals surface area contributed by atoms with Crippen LogP contribution in [0.2, 0.25) is 0 Å². The number of carbonyl (C=O) groups excluding carboxylic acids is 2. The van der Waals surface area contributed by atoms with Gasteiger partial charge in [0.1, 0.15) is 0 Å². The molecule has 0 bridgehead atoms. The lowest BCUT2D eigenvalue weighted by Crippen LogP contribution is -2.41. The molecule has 3 aromatic rings. The van der Waals surface area contributed by atoms with Crippen LogP contribution in [0.1, 0.15) is 34.3 Å². The summed E-state index contributed by atoms with van der Waals surface area (Å²) in [5.41, 5.74) is 2.84. The van der Waals surface area contributed by atoms with Crippen molar-refractivity contribution < 1.29 is 29.3 Å². The Morgan fingerprint density at radius 1 is 0.905 bits per heavy atom. The minimum Gasteiger partial charge on any atom is -0.504 e. The van der Waals surface area contributed by atoms with Crippen molar-refractivity contribution in [2.45, 2.75) is 25.9 Å². The number of amides is 2. The van der Waals surface area contributed by atoms with Gasteiger partial charge in [-0.15, -0.1) is 0 Å². The first-order chi connectivity index (χ1) is 20.2. The predicted molar refractivity (Wildman–Crippen MR) is 164 cm³/mol. The van der Waals surface area contributed by atoms with Crippen LogP contribution in [0.5, 0.6) is 23.0 Å². The second-order valence-electron chi connectivity index (χ2n) is 10.3. The van der Waals surface area contributed by atoms with Crippen LogP contribution >= 0.6 is 15.9 Å². The molecule has 0 atom stereocenters. The molecule has 0 unspecified atom stereocenters. The van der Waals surface area contributed by atoms with E-state index in [-0.39, 0.29) is 29.9 Å². The van der Waals surface area contributed by atoms with E-state index < -0.39 is 0 Å². The van der Waals surface area contributed by atoms with E-state index in [0.717, 1.165) is 48.1 Å². The maximum atomic E-state index is 13.0. The third-order valence-electron chi connectivity index (χ3n) is 7.31. The number of piperidine rings is 1. The first-order valence-electron chi connectivity index (χ1n) is 13.8. The van der Waals surface area contributed by atoms with E-state index in [2.05, 4.69) is 36.8 Å². The number of rotatable bonds is 12. The van der Waals surface area contributed by atoms with Gasteiger partial charge in [-0.2, -0.15) is 0 Å². The Balaban J connectivity index is 1.20. The second kappa shape index (κ2) is 14.8. The van der Waals surface area contributed by atoms with Gasteiger partial charge >= 0.3 is 0 Å². The van der Waals surface area contributed by atoms with E-state index in [1.54, 1.807) is 36.4 Å². The molecule has 3 aromatic carbocycles. The van der Waals surface area contributed by atoms with Gasteiger partial charge in [-0.1, -0.05) is 28.1 Å². The van der Waals surface area contributed by atoms with Crippen LogP contribution in [0.4, 0.5) is 5.69 Å². The van der Waals surface area contributed by atoms with E-state index in [1.165, 1.54) is 14.2 Å². The Kier molecular flexibility index (Phi) is 10.9. The van der Waals surface area contributed by atoms with Crippen molar-refractivity contribution in [3.63, 3.8) is 0 Å². The number of phenols is 2. The lowest BCUT2D eigenvalue weighted by molar-refractivity contribution is -0.120. The molecule has 5 N–H and O–H groups in total. The second-order valence-corrected chi connectivity index (χ2v) is 11.2. The van der Waals surface area contributed by atoms with Crippen LogP contribution in [-0.4, -0.2) is 67.3 Å². The Morgan fingerprint density at radius 2 is 1.55 bits per heavy atom. The topological polar surface area (TPSA) is 132 Å². The SMILES string of the molecule is COc1ccc(CNc2ccc(Br)cc2C(=O)NCC(=O)NCC2CCN(Cc3ccc(OC)c(O)c3)CC2)cc1O. The highest BCUT2D eigenvalue weighted by Crippen LogP contribution is 2.29. The first-order valence-corrected chi connectivity index (χ1v) is 14.6. The van der Waals surface area contributed by atoms with E-state index in [1.807, 2.05) is 18.2 Å². The van der Waals surface area contributed by atoms with Crippen molar-refractivity contribution in [2.24, 2.45) is 5.92 Å². The van der Waals surface area contributed by atoms with Crippen molar-refractivity contribution in [2.75, 3.05) is 45.7 Å². The number of likely N-dealkylation sites (tertiary alicyclic amines) is 1. The number of nitrogens with zero attached hydrogens (tertiary/aromatic N) is 1. The molecular formula is C31H37BrN4O6. The van der Waals surface area contributed by atoms with Crippen LogP contribution in [0, 0.1) is 5.92 Å². The molecule has 4 rings (SSSR count). The summed E-state index contributed by atoms with van der Waals surface area (Å²) in [5.74, 6) is 0.784. The number of aromatic hydroxyl groups is 2. The molecule has 224 valence electrons. The van der Waals surface area contributed by atoms with Gasteiger partial charge in [0.15, 0.2) is 23.0 Å². The van der Waals surface area contributed by atoms with Gasteiger partial charge in [0.25, 0.3) is 5.91 Å². The third kappa shape index (κ3) is 8.53. The zero-order valence-electron chi connectivity index (χ0n) is 23.8. The molecular weight excluding hydrogens is 604 g/mol. The summed E-state index contributed by atoms with van der Waals surface area (Å²) in [6.07, 6.45) is 1.90. The summed E-state index contributed by atoms with van der Waals surface area (Å²) >= 11 is 3.41. The minimum atomic E-state index is -0.371. The maximum absolute atomic E-state index is 13.0. The normalized spacial score (nSPS) is 13.8. The van der Waals surface area contributed by atoms with E-state index >= 15 is 0 Å². The van der Waals surface area contributed by atoms with Gasteiger partial charge in [-0.25, -0.2) is 0 Å². The Morgan fingerprint density at radius 3 is 2.19 bits per heavy atom. The lowest BCUT2D eigenvalue weighted by Gasteiger charge is -2.32. The molecule has 10 nitrogen and oxygen atoms in total. The summed E-state index contributed by atoms with van der Waals surface area (Å²) < 4.78 is 10.9. The molecule has 0 spiro atoms. The van der Waals surface area contributed by atoms with Crippen LogP contribution in [0.25, 0.3) is 0 Å². The lowest BCUT2D eigenvalue weighted by atomic mass is 9.96.